The minimum atomic E-state index is -0.452. The maximum atomic E-state index is 10.6. The molecule has 23 heavy (non-hydrogen) atoms. The second kappa shape index (κ2) is 6.32. The summed E-state index contributed by atoms with van der Waals surface area (Å²) in [6.45, 7) is 0. The molecule has 3 aromatic rings. The van der Waals surface area contributed by atoms with Crippen molar-refractivity contribution in [3.8, 4) is 16.3 Å². The van der Waals surface area contributed by atoms with E-state index in [0.29, 0.717) is 15.7 Å². The number of para-hydroxylation sites is 1. The van der Waals surface area contributed by atoms with E-state index >= 15 is 0 Å². The van der Waals surface area contributed by atoms with E-state index in [4.69, 9.17) is 0 Å². The summed E-state index contributed by atoms with van der Waals surface area (Å²) in [6.07, 6.45) is 1.51. The van der Waals surface area contributed by atoms with Crippen molar-refractivity contribution in [1.82, 2.24) is 10.2 Å². The maximum Gasteiger partial charge on any atom is 0.269 e. The summed E-state index contributed by atoms with van der Waals surface area (Å²) in [6, 6.07) is 12.9. The van der Waals surface area contributed by atoms with Gasteiger partial charge in [-0.2, -0.15) is 0 Å². The minimum absolute atomic E-state index is 0.0241. The van der Waals surface area contributed by atoms with Crippen LogP contribution >= 0.6 is 11.3 Å². The second-order valence-corrected chi connectivity index (χ2v) is 5.47. The Balaban J connectivity index is 1.80. The predicted molar refractivity (Wildman–Crippen MR) is 87.4 cm³/mol. The lowest BCUT2D eigenvalue weighted by molar-refractivity contribution is -0.384. The standard InChI is InChI=1S/C15H10N4O3S/c20-13-4-2-1-3-11(13)9-16-15-18-17-14(23-15)10-5-7-12(8-6-10)19(21)22/h1-9,20H/b16-9+. The van der Waals surface area contributed by atoms with Crippen LogP contribution in [0.25, 0.3) is 10.6 Å². The molecule has 0 radical (unpaired) electrons. The van der Waals surface area contributed by atoms with Crippen LogP contribution < -0.4 is 0 Å². The van der Waals surface area contributed by atoms with E-state index in [1.807, 2.05) is 0 Å². The van der Waals surface area contributed by atoms with Gasteiger partial charge in [0.1, 0.15) is 10.8 Å². The molecule has 7 nitrogen and oxygen atoms in total. The molecule has 1 aromatic heterocycles. The smallest absolute Gasteiger partial charge is 0.269 e. The Morgan fingerprint density at radius 3 is 2.57 bits per heavy atom. The molecule has 3 rings (SSSR count). The molecule has 0 saturated heterocycles. The first-order chi connectivity index (χ1) is 11.1. The number of benzene rings is 2. The van der Waals surface area contributed by atoms with Crippen molar-refractivity contribution in [2.75, 3.05) is 0 Å². The molecule has 0 atom stereocenters. The van der Waals surface area contributed by atoms with Crippen molar-refractivity contribution >= 4 is 28.4 Å². The number of phenolic OH excluding ortho intramolecular Hbond substituents is 1. The van der Waals surface area contributed by atoms with Crippen LogP contribution in [0.5, 0.6) is 5.75 Å². The largest absolute Gasteiger partial charge is 0.507 e. The third-order valence-electron chi connectivity index (χ3n) is 2.99. The Labute approximate surface area is 134 Å². The van der Waals surface area contributed by atoms with Gasteiger partial charge in [-0.15, -0.1) is 10.2 Å². The Bertz CT molecular complexity index is 874. The average Bonchev–Trinajstić information content (AvgIpc) is 3.03. The number of nitro benzene ring substituents is 1. The van der Waals surface area contributed by atoms with Crippen molar-refractivity contribution in [1.29, 1.82) is 0 Å². The van der Waals surface area contributed by atoms with Crippen molar-refractivity contribution in [2.45, 2.75) is 0 Å². The van der Waals surface area contributed by atoms with Crippen LogP contribution in [-0.4, -0.2) is 26.4 Å². The molecule has 0 aliphatic carbocycles. The zero-order valence-electron chi connectivity index (χ0n) is 11.7. The average molecular weight is 326 g/mol. The number of hydrogen-bond acceptors (Lipinski definition) is 7. The van der Waals surface area contributed by atoms with Gasteiger partial charge >= 0.3 is 0 Å². The summed E-state index contributed by atoms with van der Waals surface area (Å²) >= 11 is 1.25. The molecule has 0 aliphatic heterocycles. The van der Waals surface area contributed by atoms with Crippen molar-refractivity contribution in [3.63, 3.8) is 0 Å². The van der Waals surface area contributed by atoms with Gasteiger partial charge in [0.25, 0.3) is 5.69 Å². The first-order valence-corrected chi connectivity index (χ1v) is 7.35. The Kier molecular flexibility index (Phi) is 4.07. The van der Waals surface area contributed by atoms with Crippen LogP contribution in [-0.2, 0) is 0 Å². The molecule has 2 aromatic carbocycles. The molecule has 1 N–H and O–H groups in total. The molecule has 0 aliphatic rings. The van der Waals surface area contributed by atoms with Gasteiger partial charge in [0.2, 0.25) is 5.13 Å². The highest BCUT2D eigenvalue weighted by Crippen LogP contribution is 2.29. The molecular formula is C15H10N4O3S. The lowest BCUT2D eigenvalue weighted by atomic mass is 10.2. The zero-order chi connectivity index (χ0) is 16.2. The molecular weight excluding hydrogens is 316 g/mol. The predicted octanol–water partition coefficient (Wildman–Crippen LogP) is 3.57. The topological polar surface area (TPSA) is 102 Å². The molecule has 0 bridgehead atoms. The summed E-state index contributed by atoms with van der Waals surface area (Å²) in [7, 11) is 0. The number of nitro groups is 1. The summed E-state index contributed by atoms with van der Waals surface area (Å²) in [5.41, 5.74) is 1.34. The molecule has 114 valence electrons. The third kappa shape index (κ3) is 3.38. The molecule has 1 heterocycles. The minimum Gasteiger partial charge on any atom is -0.507 e. The van der Waals surface area contributed by atoms with Crippen LogP contribution in [0.2, 0.25) is 0 Å². The van der Waals surface area contributed by atoms with Crippen LogP contribution in [0.1, 0.15) is 5.56 Å². The summed E-state index contributed by atoms with van der Waals surface area (Å²) < 4.78 is 0. The van der Waals surface area contributed by atoms with E-state index in [-0.39, 0.29) is 11.4 Å². The highest BCUT2D eigenvalue weighted by Gasteiger charge is 2.09. The van der Waals surface area contributed by atoms with Gasteiger partial charge in [-0.05, 0) is 24.3 Å². The van der Waals surface area contributed by atoms with Crippen molar-refractivity contribution in [3.05, 3.63) is 64.2 Å². The molecule has 0 amide bonds. The lowest BCUT2D eigenvalue weighted by Crippen LogP contribution is -1.86. The van der Waals surface area contributed by atoms with Crippen molar-refractivity contribution < 1.29 is 10.0 Å². The van der Waals surface area contributed by atoms with Gasteiger partial charge in [-0.25, -0.2) is 4.99 Å². The summed E-state index contributed by atoms with van der Waals surface area (Å²) in [4.78, 5) is 14.4. The SMILES string of the molecule is O=[N+]([O-])c1ccc(-c2nnc(/N=C/c3ccccc3O)s2)cc1. The number of aliphatic imine (C=N–C) groups is 1. The normalized spacial score (nSPS) is 11.0. The molecule has 8 heteroatoms. The quantitative estimate of drug-likeness (QED) is 0.448. The highest BCUT2D eigenvalue weighted by molar-refractivity contribution is 7.18. The molecule has 0 saturated carbocycles. The fraction of sp³-hybridized carbons (Fsp3) is 0. The van der Waals surface area contributed by atoms with Crippen LogP contribution in [0.3, 0.4) is 0 Å². The fourth-order valence-corrected chi connectivity index (χ4v) is 2.53. The van der Waals surface area contributed by atoms with Gasteiger partial charge in [0, 0.05) is 29.5 Å². The number of non-ortho nitro benzene ring substituents is 1. The van der Waals surface area contributed by atoms with E-state index in [9.17, 15) is 15.2 Å². The first-order valence-electron chi connectivity index (χ1n) is 6.54. The Morgan fingerprint density at radius 2 is 1.87 bits per heavy atom. The van der Waals surface area contributed by atoms with Gasteiger partial charge < -0.3 is 5.11 Å². The van der Waals surface area contributed by atoms with Crippen molar-refractivity contribution in [2.24, 2.45) is 4.99 Å². The number of phenols is 1. The zero-order valence-corrected chi connectivity index (χ0v) is 12.5. The number of nitrogens with zero attached hydrogens (tertiary/aromatic N) is 4. The summed E-state index contributed by atoms with van der Waals surface area (Å²) in [5.74, 6) is 0.136. The fourth-order valence-electron chi connectivity index (χ4n) is 1.83. The van der Waals surface area contributed by atoms with Gasteiger partial charge in [-0.1, -0.05) is 23.5 Å². The maximum absolute atomic E-state index is 10.6. The van der Waals surface area contributed by atoms with E-state index in [1.165, 1.54) is 29.7 Å². The lowest BCUT2D eigenvalue weighted by Gasteiger charge is -1.95. The highest BCUT2D eigenvalue weighted by atomic mass is 32.1. The van der Waals surface area contributed by atoms with E-state index in [0.717, 1.165) is 5.56 Å². The number of hydrogen-bond donors (Lipinski definition) is 1. The van der Waals surface area contributed by atoms with Crippen LogP contribution in [0.15, 0.2) is 53.5 Å². The monoisotopic (exact) mass is 326 g/mol. The van der Waals surface area contributed by atoms with Crippen LogP contribution in [0.4, 0.5) is 10.8 Å². The Morgan fingerprint density at radius 1 is 1.13 bits per heavy atom. The van der Waals surface area contributed by atoms with E-state index < -0.39 is 4.92 Å². The number of rotatable bonds is 4. The molecule has 0 unspecified atom stereocenters. The first kappa shape index (κ1) is 14.8. The molecule has 0 spiro atoms. The number of aromatic hydroxyl groups is 1. The van der Waals surface area contributed by atoms with E-state index in [2.05, 4.69) is 15.2 Å². The Hall–Kier alpha value is -3.13. The number of aromatic nitrogens is 2. The third-order valence-corrected chi connectivity index (χ3v) is 3.87. The van der Waals surface area contributed by atoms with E-state index in [1.54, 1.807) is 36.4 Å². The van der Waals surface area contributed by atoms with Gasteiger partial charge in [0.05, 0.1) is 4.92 Å². The van der Waals surface area contributed by atoms with Gasteiger partial charge in [0.15, 0.2) is 0 Å². The molecule has 0 fully saturated rings. The summed E-state index contributed by atoms with van der Waals surface area (Å²) in [5, 5.41) is 29.3. The second-order valence-electron chi connectivity index (χ2n) is 4.51. The van der Waals surface area contributed by atoms with Crippen LogP contribution in [0, 0.1) is 10.1 Å². The van der Waals surface area contributed by atoms with Gasteiger partial charge in [-0.3, -0.25) is 10.1 Å².